The summed E-state index contributed by atoms with van der Waals surface area (Å²) in [6.45, 7) is 13.3. The minimum absolute atomic E-state index is 0.741. The maximum atomic E-state index is 5.64. The first-order valence-corrected chi connectivity index (χ1v) is 11.0. The second-order valence-corrected chi connectivity index (χ2v) is 8.36. The summed E-state index contributed by atoms with van der Waals surface area (Å²) in [5.74, 6) is 2.82. The van der Waals surface area contributed by atoms with Crippen molar-refractivity contribution in [3.8, 4) is 0 Å². The van der Waals surface area contributed by atoms with Gasteiger partial charge in [0, 0.05) is 30.0 Å². The molecule has 5 heteroatoms. The minimum atomic E-state index is 0.741. The van der Waals surface area contributed by atoms with E-state index in [-0.39, 0.29) is 0 Å². The van der Waals surface area contributed by atoms with Crippen LogP contribution in [-0.2, 0) is 13.0 Å². The van der Waals surface area contributed by atoms with E-state index in [1.807, 2.05) is 12.1 Å². The molecule has 3 aromatic rings. The van der Waals surface area contributed by atoms with Crippen molar-refractivity contribution >= 4 is 17.5 Å². The Balaban J connectivity index is 1.80. The molecule has 1 aromatic carbocycles. The molecule has 0 radical (unpaired) electrons. The average molecular weight is 405 g/mol. The number of fused-ring (bicyclic) bond motifs is 1. The summed E-state index contributed by atoms with van der Waals surface area (Å²) < 4.78 is 5.64. The van der Waals surface area contributed by atoms with Crippen LogP contribution in [0.2, 0.25) is 0 Å². The van der Waals surface area contributed by atoms with Crippen LogP contribution >= 0.6 is 0 Å². The van der Waals surface area contributed by atoms with E-state index in [0.29, 0.717) is 0 Å². The van der Waals surface area contributed by atoms with Crippen molar-refractivity contribution in [2.24, 2.45) is 0 Å². The second-order valence-electron chi connectivity index (χ2n) is 8.36. The summed E-state index contributed by atoms with van der Waals surface area (Å²) in [6.07, 6.45) is 5.09. The molecular formula is C25H32N4O. The van der Waals surface area contributed by atoms with Crippen LogP contribution in [0.3, 0.4) is 0 Å². The van der Waals surface area contributed by atoms with E-state index >= 15 is 0 Å². The highest BCUT2D eigenvalue weighted by molar-refractivity contribution is 5.68. The molecule has 0 amide bonds. The maximum Gasteiger partial charge on any atom is 0.232 e. The molecule has 30 heavy (non-hydrogen) atoms. The topological polar surface area (TPSA) is 45.4 Å². The molecule has 4 rings (SSSR count). The number of hydrogen-bond acceptors (Lipinski definition) is 5. The van der Waals surface area contributed by atoms with Gasteiger partial charge in [-0.25, -0.2) is 4.98 Å². The van der Waals surface area contributed by atoms with Crippen molar-refractivity contribution in [2.45, 2.75) is 60.4 Å². The van der Waals surface area contributed by atoms with Gasteiger partial charge < -0.3 is 14.2 Å². The lowest BCUT2D eigenvalue weighted by Crippen LogP contribution is -2.27. The first-order chi connectivity index (χ1) is 14.5. The Labute approximate surface area is 179 Å². The van der Waals surface area contributed by atoms with E-state index < -0.39 is 0 Å². The van der Waals surface area contributed by atoms with Crippen molar-refractivity contribution in [3.63, 3.8) is 0 Å². The van der Waals surface area contributed by atoms with Crippen LogP contribution in [0.1, 0.15) is 53.5 Å². The van der Waals surface area contributed by atoms with Crippen LogP contribution in [0.4, 0.5) is 17.5 Å². The fraction of sp³-hybridized carbons (Fsp3) is 0.440. The number of rotatable bonds is 5. The van der Waals surface area contributed by atoms with Gasteiger partial charge in [0.2, 0.25) is 5.95 Å². The van der Waals surface area contributed by atoms with Crippen molar-refractivity contribution in [2.75, 3.05) is 22.9 Å². The molecule has 0 atom stereocenters. The number of benzene rings is 1. The zero-order valence-electron chi connectivity index (χ0n) is 18.8. The van der Waals surface area contributed by atoms with Crippen molar-refractivity contribution in [1.29, 1.82) is 0 Å². The molecule has 0 aliphatic carbocycles. The molecule has 0 unspecified atom stereocenters. The number of aryl methyl sites for hydroxylation is 4. The fourth-order valence-electron chi connectivity index (χ4n) is 4.69. The summed E-state index contributed by atoms with van der Waals surface area (Å²) in [7, 11) is 0. The van der Waals surface area contributed by atoms with Crippen LogP contribution in [0, 0.1) is 27.7 Å². The number of hydrogen-bond donors (Lipinski definition) is 0. The van der Waals surface area contributed by atoms with Gasteiger partial charge in [0.25, 0.3) is 0 Å². The van der Waals surface area contributed by atoms with Gasteiger partial charge in [-0.2, -0.15) is 4.98 Å². The minimum Gasteiger partial charge on any atom is -0.467 e. The van der Waals surface area contributed by atoms with E-state index in [1.165, 1.54) is 34.4 Å². The van der Waals surface area contributed by atoms with Gasteiger partial charge in [0.1, 0.15) is 11.6 Å². The highest BCUT2D eigenvalue weighted by Gasteiger charge is 2.24. The van der Waals surface area contributed by atoms with E-state index in [0.717, 1.165) is 55.7 Å². The van der Waals surface area contributed by atoms with E-state index in [9.17, 15) is 0 Å². The largest absolute Gasteiger partial charge is 0.467 e. The Bertz CT molecular complexity index is 1000. The lowest BCUT2D eigenvalue weighted by molar-refractivity contribution is 0.500. The smallest absolute Gasteiger partial charge is 0.232 e. The van der Waals surface area contributed by atoms with Gasteiger partial charge >= 0.3 is 0 Å². The molecule has 0 fully saturated rings. The third kappa shape index (κ3) is 3.93. The molecular weight excluding hydrogens is 372 g/mol. The van der Waals surface area contributed by atoms with Crippen molar-refractivity contribution < 1.29 is 4.42 Å². The van der Waals surface area contributed by atoms with Gasteiger partial charge in [0.15, 0.2) is 0 Å². The highest BCUT2D eigenvalue weighted by Crippen LogP contribution is 2.34. The summed E-state index contributed by atoms with van der Waals surface area (Å²) in [6, 6.07) is 8.47. The number of furan rings is 1. The summed E-state index contributed by atoms with van der Waals surface area (Å²) in [5.41, 5.74) is 7.39. The molecule has 0 saturated heterocycles. The monoisotopic (exact) mass is 404 g/mol. The summed E-state index contributed by atoms with van der Waals surface area (Å²) in [4.78, 5) is 14.7. The average Bonchev–Trinajstić information content (AvgIpc) is 3.12. The molecule has 158 valence electrons. The fourth-order valence-corrected chi connectivity index (χ4v) is 4.69. The van der Waals surface area contributed by atoms with Gasteiger partial charge in [-0.1, -0.05) is 17.7 Å². The third-order valence-corrected chi connectivity index (χ3v) is 5.97. The van der Waals surface area contributed by atoms with Gasteiger partial charge in [-0.15, -0.1) is 0 Å². The third-order valence-electron chi connectivity index (χ3n) is 5.97. The second kappa shape index (κ2) is 8.50. The zero-order chi connectivity index (χ0) is 21.3. The molecule has 1 aliphatic heterocycles. The summed E-state index contributed by atoms with van der Waals surface area (Å²) in [5, 5.41) is 0. The van der Waals surface area contributed by atoms with Crippen molar-refractivity contribution in [3.05, 3.63) is 64.2 Å². The lowest BCUT2D eigenvalue weighted by atomic mass is 10.0. The molecule has 0 saturated carbocycles. The number of nitrogens with zero attached hydrogens (tertiary/aromatic N) is 4. The Hall–Kier alpha value is -2.82. The summed E-state index contributed by atoms with van der Waals surface area (Å²) >= 11 is 0. The van der Waals surface area contributed by atoms with Gasteiger partial charge in [0.05, 0.1) is 12.8 Å². The van der Waals surface area contributed by atoms with Crippen LogP contribution in [0.5, 0.6) is 0 Å². The van der Waals surface area contributed by atoms with Crippen LogP contribution in [0.15, 0.2) is 34.9 Å². The molecule has 5 nitrogen and oxygen atoms in total. The first kappa shape index (κ1) is 20.5. The molecule has 1 aliphatic rings. The molecule has 2 aromatic heterocycles. The SMILES string of the molecule is CCN(c1nc(C)c2c(n1)N(Cc1ccco1)CCCC2)c1c(C)cc(C)cc1C. The van der Waals surface area contributed by atoms with Crippen LogP contribution < -0.4 is 9.80 Å². The Morgan fingerprint density at radius 3 is 2.50 bits per heavy atom. The number of aromatic nitrogens is 2. The van der Waals surface area contributed by atoms with E-state index in [1.54, 1.807) is 6.26 Å². The van der Waals surface area contributed by atoms with Gasteiger partial charge in [-0.3, -0.25) is 0 Å². The Morgan fingerprint density at radius 1 is 1.07 bits per heavy atom. The predicted molar refractivity (Wildman–Crippen MR) is 123 cm³/mol. The van der Waals surface area contributed by atoms with Crippen LogP contribution in [-0.4, -0.2) is 23.1 Å². The quantitative estimate of drug-likeness (QED) is 0.537. The predicted octanol–water partition coefficient (Wildman–Crippen LogP) is 5.80. The van der Waals surface area contributed by atoms with Crippen LogP contribution in [0.25, 0.3) is 0 Å². The van der Waals surface area contributed by atoms with Gasteiger partial charge in [-0.05, 0) is 77.1 Å². The molecule has 3 heterocycles. The standard InChI is InChI=1S/C25H32N4O/c1-6-29(23-18(3)14-17(2)15-19(23)4)25-26-20(5)22-11-7-8-12-28(24(22)27-25)16-21-10-9-13-30-21/h9-10,13-15H,6-8,11-12,16H2,1-5H3. The lowest BCUT2D eigenvalue weighted by Gasteiger charge is -2.29. The van der Waals surface area contributed by atoms with E-state index in [4.69, 9.17) is 14.4 Å². The zero-order valence-corrected chi connectivity index (χ0v) is 18.8. The maximum absolute atomic E-state index is 5.64. The molecule has 0 spiro atoms. The normalized spacial score (nSPS) is 13.8. The Morgan fingerprint density at radius 2 is 1.83 bits per heavy atom. The molecule has 0 bridgehead atoms. The highest BCUT2D eigenvalue weighted by atomic mass is 16.3. The number of anilines is 3. The van der Waals surface area contributed by atoms with E-state index in [2.05, 4.69) is 56.6 Å². The first-order valence-electron chi connectivity index (χ1n) is 11.0. The van der Waals surface area contributed by atoms with Crippen molar-refractivity contribution in [1.82, 2.24) is 9.97 Å². The molecule has 0 N–H and O–H groups in total. The Kier molecular flexibility index (Phi) is 5.80.